The minimum absolute atomic E-state index is 0.0223. The lowest BCUT2D eigenvalue weighted by atomic mass is 9.91. The molecule has 1 saturated heterocycles. The van der Waals surface area contributed by atoms with Crippen LogP contribution >= 0.6 is 0 Å². The highest BCUT2D eigenvalue weighted by Crippen LogP contribution is 2.23. The molecule has 7 nitrogen and oxygen atoms in total. The average molecular weight is 294 g/mol. The number of amides is 2. The second-order valence-corrected chi connectivity index (χ2v) is 5.71. The van der Waals surface area contributed by atoms with Gasteiger partial charge in [0, 0.05) is 31.5 Å². The Morgan fingerprint density at radius 3 is 2.90 bits per heavy atom. The van der Waals surface area contributed by atoms with E-state index in [0.717, 1.165) is 12.8 Å². The van der Waals surface area contributed by atoms with Gasteiger partial charge in [-0.05, 0) is 25.7 Å². The third-order valence-electron chi connectivity index (χ3n) is 3.86. The highest BCUT2D eigenvalue weighted by Gasteiger charge is 2.37. The molecule has 7 heteroatoms. The van der Waals surface area contributed by atoms with Crippen molar-refractivity contribution in [3.05, 3.63) is 18.7 Å². The van der Waals surface area contributed by atoms with Gasteiger partial charge in [-0.15, -0.1) is 0 Å². The molecule has 0 saturated carbocycles. The summed E-state index contributed by atoms with van der Waals surface area (Å²) in [7, 11) is 0. The Balaban J connectivity index is 1.96. The topological polar surface area (TPSA) is 87.5 Å². The maximum Gasteiger partial charge on any atom is 0.326 e. The summed E-state index contributed by atoms with van der Waals surface area (Å²) in [5.41, 5.74) is 0. The number of carbonyl (C=O) groups is 2. The minimum atomic E-state index is -0.931. The van der Waals surface area contributed by atoms with E-state index in [0.29, 0.717) is 13.1 Å². The van der Waals surface area contributed by atoms with Crippen LogP contribution in [0.4, 0.5) is 4.79 Å². The summed E-state index contributed by atoms with van der Waals surface area (Å²) in [6.07, 6.45) is 6.87. The van der Waals surface area contributed by atoms with Crippen LogP contribution in [0.15, 0.2) is 18.7 Å². The number of rotatable bonds is 4. The molecule has 1 fully saturated rings. The number of likely N-dealkylation sites (tertiary alicyclic amines) is 1. The summed E-state index contributed by atoms with van der Waals surface area (Å²) in [5.74, 6) is -0.953. The van der Waals surface area contributed by atoms with Crippen molar-refractivity contribution in [2.24, 2.45) is 5.92 Å². The lowest BCUT2D eigenvalue weighted by Gasteiger charge is -2.37. The lowest BCUT2D eigenvalue weighted by Crippen LogP contribution is -2.56. The number of carboxylic acid groups (broad SMARTS) is 1. The van der Waals surface area contributed by atoms with Crippen LogP contribution in [0.2, 0.25) is 0 Å². The van der Waals surface area contributed by atoms with Crippen LogP contribution in [-0.4, -0.2) is 50.2 Å². The quantitative estimate of drug-likeness (QED) is 0.872. The molecule has 2 N–H and O–H groups in total. The number of hydrogen-bond donors (Lipinski definition) is 2. The van der Waals surface area contributed by atoms with E-state index in [1.807, 2.05) is 24.6 Å². The first-order valence-electron chi connectivity index (χ1n) is 7.24. The van der Waals surface area contributed by atoms with Gasteiger partial charge < -0.3 is 19.9 Å². The number of urea groups is 1. The largest absolute Gasteiger partial charge is 0.480 e. The van der Waals surface area contributed by atoms with Crippen LogP contribution in [0.5, 0.6) is 0 Å². The summed E-state index contributed by atoms with van der Waals surface area (Å²) in [6, 6.07) is -1.14. The molecule has 21 heavy (non-hydrogen) atoms. The van der Waals surface area contributed by atoms with Crippen LogP contribution in [0, 0.1) is 5.92 Å². The normalized spacial score (nSPS) is 23.6. The third-order valence-corrected chi connectivity index (χ3v) is 3.86. The monoisotopic (exact) mass is 294 g/mol. The molecule has 0 aliphatic carbocycles. The van der Waals surface area contributed by atoms with E-state index in [1.165, 1.54) is 4.90 Å². The van der Waals surface area contributed by atoms with Gasteiger partial charge in [0.2, 0.25) is 0 Å². The lowest BCUT2D eigenvalue weighted by molar-refractivity contribution is -0.145. The zero-order chi connectivity index (χ0) is 15.4. The molecule has 1 aromatic heterocycles. The molecule has 2 amide bonds. The number of aromatic nitrogens is 2. The standard InChI is InChI=1S/C14H22N4O3/c1-10-4-3-6-18(12(10)13(19)20)14(21)16-11(2)8-17-7-5-15-9-17/h5,7,9-12H,3-4,6,8H2,1-2H3,(H,16,21)(H,19,20). The van der Waals surface area contributed by atoms with Crippen LogP contribution in [0.25, 0.3) is 0 Å². The van der Waals surface area contributed by atoms with Crippen LogP contribution < -0.4 is 5.32 Å². The minimum Gasteiger partial charge on any atom is -0.480 e. The molecule has 1 aliphatic heterocycles. The van der Waals surface area contributed by atoms with Crippen molar-refractivity contribution in [2.45, 2.75) is 45.3 Å². The molecule has 0 spiro atoms. The van der Waals surface area contributed by atoms with E-state index in [9.17, 15) is 14.7 Å². The van der Waals surface area contributed by atoms with Crippen molar-refractivity contribution >= 4 is 12.0 Å². The highest BCUT2D eigenvalue weighted by atomic mass is 16.4. The first-order chi connectivity index (χ1) is 9.99. The number of hydrogen-bond acceptors (Lipinski definition) is 3. The highest BCUT2D eigenvalue weighted by molar-refractivity contribution is 5.83. The Kier molecular flexibility index (Phi) is 4.82. The van der Waals surface area contributed by atoms with E-state index in [2.05, 4.69) is 10.3 Å². The number of nitrogens with zero attached hydrogens (tertiary/aromatic N) is 3. The maximum atomic E-state index is 12.3. The second kappa shape index (κ2) is 6.60. The predicted molar refractivity (Wildman–Crippen MR) is 76.7 cm³/mol. The van der Waals surface area contributed by atoms with Gasteiger partial charge in [0.05, 0.1) is 6.33 Å². The number of carbonyl (C=O) groups excluding carboxylic acids is 1. The van der Waals surface area contributed by atoms with Crippen LogP contribution in [0.1, 0.15) is 26.7 Å². The summed E-state index contributed by atoms with van der Waals surface area (Å²) < 4.78 is 1.87. The Bertz CT molecular complexity index is 488. The predicted octanol–water partition coefficient (Wildman–Crippen LogP) is 1.17. The smallest absolute Gasteiger partial charge is 0.326 e. The first-order valence-corrected chi connectivity index (χ1v) is 7.24. The molecule has 2 rings (SSSR count). The fourth-order valence-electron chi connectivity index (χ4n) is 2.84. The summed E-state index contributed by atoms with van der Waals surface area (Å²) in [6.45, 7) is 4.87. The maximum absolute atomic E-state index is 12.3. The van der Waals surface area contributed by atoms with Crippen molar-refractivity contribution in [2.75, 3.05) is 6.54 Å². The van der Waals surface area contributed by atoms with Gasteiger partial charge in [0.25, 0.3) is 0 Å². The van der Waals surface area contributed by atoms with Gasteiger partial charge in [-0.3, -0.25) is 0 Å². The number of carboxylic acids is 1. The summed E-state index contributed by atoms with van der Waals surface area (Å²) in [4.78, 5) is 29.1. The van der Waals surface area contributed by atoms with Gasteiger partial charge in [-0.1, -0.05) is 6.92 Å². The zero-order valence-electron chi connectivity index (χ0n) is 12.4. The van der Waals surface area contributed by atoms with Crippen LogP contribution in [0.3, 0.4) is 0 Å². The molecule has 116 valence electrons. The van der Waals surface area contributed by atoms with Gasteiger partial charge in [0.15, 0.2) is 0 Å². The number of nitrogens with one attached hydrogen (secondary N) is 1. The van der Waals surface area contributed by atoms with Crippen LogP contribution in [-0.2, 0) is 11.3 Å². The summed E-state index contributed by atoms with van der Waals surface area (Å²) in [5, 5.41) is 12.2. The number of aliphatic carboxylic acids is 1. The molecular formula is C14H22N4O3. The molecule has 0 bridgehead atoms. The molecule has 0 aromatic carbocycles. The zero-order valence-corrected chi connectivity index (χ0v) is 12.4. The molecule has 1 aromatic rings. The van der Waals surface area contributed by atoms with Crippen molar-refractivity contribution in [1.29, 1.82) is 0 Å². The summed E-state index contributed by atoms with van der Waals surface area (Å²) >= 11 is 0. The fraction of sp³-hybridized carbons (Fsp3) is 0.643. The molecule has 3 unspecified atom stereocenters. The molecule has 0 radical (unpaired) electrons. The first kappa shape index (κ1) is 15.3. The fourth-order valence-corrected chi connectivity index (χ4v) is 2.84. The Labute approximate surface area is 124 Å². The number of piperidine rings is 1. The van der Waals surface area contributed by atoms with E-state index >= 15 is 0 Å². The van der Waals surface area contributed by atoms with Crippen molar-refractivity contribution in [1.82, 2.24) is 19.8 Å². The van der Waals surface area contributed by atoms with E-state index in [-0.39, 0.29) is 18.0 Å². The van der Waals surface area contributed by atoms with Crippen molar-refractivity contribution < 1.29 is 14.7 Å². The van der Waals surface area contributed by atoms with E-state index < -0.39 is 12.0 Å². The SMILES string of the molecule is CC(Cn1ccnc1)NC(=O)N1CCCC(C)C1C(=O)O. The van der Waals surface area contributed by atoms with E-state index in [1.54, 1.807) is 12.5 Å². The Morgan fingerprint density at radius 1 is 1.52 bits per heavy atom. The van der Waals surface area contributed by atoms with Gasteiger partial charge in [-0.25, -0.2) is 14.6 Å². The molecule has 1 aliphatic rings. The second-order valence-electron chi connectivity index (χ2n) is 5.71. The third kappa shape index (κ3) is 3.74. The average Bonchev–Trinajstić information content (AvgIpc) is 2.90. The van der Waals surface area contributed by atoms with Crippen molar-refractivity contribution in [3.63, 3.8) is 0 Å². The van der Waals surface area contributed by atoms with Gasteiger partial charge in [0.1, 0.15) is 6.04 Å². The Hall–Kier alpha value is -2.05. The molecule has 2 heterocycles. The van der Waals surface area contributed by atoms with Gasteiger partial charge in [-0.2, -0.15) is 0 Å². The number of imidazole rings is 1. The van der Waals surface area contributed by atoms with E-state index in [4.69, 9.17) is 0 Å². The molecule has 3 atom stereocenters. The Morgan fingerprint density at radius 2 is 2.29 bits per heavy atom. The van der Waals surface area contributed by atoms with Gasteiger partial charge >= 0.3 is 12.0 Å². The molecular weight excluding hydrogens is 272 g/mol. The van der Waals surface area contributed by atoms with Crippen molar-refractivity contribution in [3.8, 4) is 0 Å².